The summed E-state index contributed by atoms with van der Waals surface area (Å²) < 4.78 is 0. The number of benzene rings is 2. The molecule has 5 nitrogen and oxygen atoms in total. The Bertz CT molecular complexity index is 899. The van der Waals surface area contributed by atoms with Gasteiger partial charge >= 0.3 is 0 Å². The summed E-state index contributed by atoms with van der Waals surface area (Å²) in [5.74, 6) is -0.0986. The zero-order valence-electron chi connectivity index (χ0n) is 15.2. The van der Waals surface area contributed by atoms with Crippen LogP contribution in [0.15, 0.2) is 58.4 Å². The predicted octanol–water partition coefficient (Wildman–Crippen LogP) is 3.30. The molecule has 0 unspecified atom stereocenters. The molecule has 4 rings (SSSR count). The molecule has 0 radical (unpaired) electrons. The Hall–Kier alpha value is -2.57. The van der Waals surface area contributed by atoms with E-state index in [1.807, 2.05) is 37.3 Å². The highest BCUT2D eigenvalue weighted by Gasteiger charge is 2.24. The van der Waals surface area contributed by atoms with E-state index < -0.39 is 0 Å². The molecule has 138 valence electrons. The van der Waals surface area contributed by atoms with Gasteiger partial charge in [-0.15, -0.1) is 0 Å². The number of hydrogen-bond donors (Lipinski definition) is 2. The summed E-state index contributed by atoms with van der Waals surface area (Å²) in [6.07, 6.45) is 1.92. The van der Waals surface area contributed by atoms with E-state index in [1.54, 1.807) is 0 Å². The van der Waals surface area contributed by atoms with Crippen LogP contribution in [0.2, 0.25) is 0 Å². The number of carbonyl (C=O) groups excluding carboxylic acids is 1. The summed E-state index contributed by atoms with van der Waals surface area (Å²) in [4.78, 5) is 19.9. The molecule has 0 saturated carbocycles. The van der Waals surface area contributed by atoms with Gasteiger partial charge in [-0.05, 0) is 54.1 Å². The van der Waals surface area contributed by atoms with E-state index in [2.05, 4.69) is 44.8 Å². The van der Waals surface area contributed by atoms with Crippen LogP contribution in [0.5, 0.6) is 0 Å². The Balaban J connectivity index is 1.49. The molecule has 2 N–H and O–H groups in total. The normalized spacial score (nSPS) is 20.3. The number of aliphatic imine (C=N–C) groups is 1. The molecule has 2 fully saturated rings. The van der Waals surface area contributed by atoms with Crippen LogP contribution in [0.3, 0.4) is 0 Å². The van der Waals surface area contributed by atoms with Crippen LogP contribution in [-0.4, -0.2) is 37.3 Å². The molecule has 2 saturated heterocycles. The molecule has 0 aromatic heterocycles. The number of thioether (sulfide) groups is 1. The van der Waals surface area contributed by atoms with Gasteiger partial charge in [-0.1, -0.05) is 30.3 Å². The average Bonchev–Trinajstić information content (AvgIpc) is 3.04. The first-order valence-electron chi connectivity index (χ1n) is 9.10. The first kappa shape index (κ1) is 17.8. The van der Waals surface area contributed by atoms with Gasteiger partial charge < -0.3 is 15.5 Å². The standard InChI is InChI=1S/C21H22N4OS/c1-15-4-2-3-5-18(15)23-21-24-20(26)19(27-21)14-16-6-8-17(9-7-16)25-12-10-22-11-13-25/h2-9,14,22H,10-13H2,1H3,(H,23,24,26)/b19-14+. The molecule has 6 heteroatoms. The maximum absolute atomic E-state index is 12.3. The summed E-state index contributed by atoms with van der Waals surface area (Å²) in [5, 5.41) is 6.84. The summed E-state index contributed by atoms with van der Waals surface area (Å²) >= 11 is 1.38. The molecule has 2 aliphatic rings. The van der Waals surface area contributed by atoms with Crippen molar-refractivity contribution in [1.29, 1.82) is 0 Å². The highest BCUT2D eigenvalue weighted by molar-refractivity contribution is 8.18. The lowest BCUT2D eigenvalue weighted by molar-refractivity contribution is -0.115. The highest BCUT2D eigenvalue weighted by atomic mass is 32.2. The van der Waals surface area contributed by atoms with Crippen molar-refractivity contribution < 1.29 is 4.79 Å². The van der Waals surface area contributed by atoms with Crippen LogP contribution in [0.25, 0.3) is 6.08 Å². The number of piperazine rings is 1. The van der Waals surface area contributed by atoms with Gasteiger partial charge in [0.05, 0.1) is 10.6 Å². The zero-order chi connectivity index (χ0) is 18.6. The van der Waals surface area contributed by atoms with Crippen LogP contribution in [-0.2, 0) is 4.79 Å². The van der Waals surface area contributed by atoms with Gasteiger partial charge in [0.1, 0.15) is 0 Å². The van der Waals surface area contributed by atoms with E-state index in [-0.39, 0.29) is 5.91 Å². The third-order valence-corrected chi connectivity index (χ3v) is 5.57. The van der Waals surface area contributed by atoms with E-state index in [0.29, 0.717) is 10.1 Å². The van der Waals surface area contributed by atoms with Crippen LogP contribution < -0.4 is 15.5 Å². The van der Waals surface area contributed by atoms with Crippen molar-refractivity contribution in [3.8, 4) is 0 Å². The number of amides is 1. The maximum Gasteiger partial charge on any atom is 0.264 e. The Labute approximate surface area is 163 Å². The Morgan fingerprint density at radius 2 is 1.81 bits per heavy atom. The number of aryl methyl sites for hydroxylation is 1. The van der Waals surface area contributed by atoms with Crippen molar-refractivity contribution in [2.24, 2.45) is 4.99 Å². The highest BCUT2D eigenvalue weighted by Crippen LogP contribution is 2.29. The van der Waals surface area contributed by atoms with Crippen LogP contribution in [0.4, 0.5) is 11.4 Å². The predicted molar refractivity (Wildman–Crippen MR) is 114 cm³/mol. The third kappa shape index (κ3) is 4.23. The summed E-state index contributed by atoms with van der Waals surface area (Å²) in [6.45, 7) is 6.10. The topological polar surface area (TPSA) is 56.7 Å². The van der Waals surface area contributed by atoms with Crippen molar-refractivity contribution in [1.82, 2.24) is 10.6 Å². The lowest BCUT2D eigenvalue weighted by Gasteiger charge is -2.29. The monoisotopic (exact) mass is 378 g/mol. The second kappa shape index (κ2) is 7.98. The molecule has 0 bridgehead atoms. The van der Waals surface area contributed by atoms with Crippen LogP contribution >= 0.6 is 11.8 Å². The van der Waals surface area contributed by atoms with Gasteiger partial charge in [-0.3, -0.25) is 4.79 Å². The fourth-order valence-electron chi connectivity index (χ4n) is 3.13. The summed E-state index contributed by atoms with van der Waals surface area (Å²) in [7, 11) is 0. The Kier molecular flexibility index (Phi) is 5.27. The molecule has 2 aromatic rings. The van der Waals surface area contributed by atoms with Gasteiger partial charge in [-0.2, -0.15) is 0 Å². The van der Waals surface area contributed by atoms with Gasteiger partial charge in [0, 0.05) is 31.9 Å². The molecule has 0 aliphatic carbocycles. The molecule has 2 aliphatic heterocycles. The van der Waals surface area contributed by atoms with Crippen molar-refractivity contribution in [2.75, 3.05) is 31.1 Å². The average molecular weight is 379 g/mol. The largest absolute Gasteiger partial charge is 0.369 e. The summed E-state index contributed by atoms with van der Waals surface area (Å²) in [5.41, 5.74) is 4.20. The third-order valence-electron chi connectivity index (χ3n) is 4.66. The maximum atomic E-state index is 12.3. The number of amidine groups is 1. The minimum Gasteiger partial charge on any atom is -0.369 e. The molecule has 0 spiro atoms. The van der Waals surface area contributed by atoms with Crippen molar-refractivity contribution in [3.05, 3.63) is 64.6 Å². The van der Waals surface area contributed by atoms with E-state index in [4.69, 9.17) is 0 Å². The SMILES string of the molecule is Cc1ccccc1N=C1NC(=O)/C(=C\c2ccc(N3CCNCC3)cc2)S1. The number of nitrogens with zero attached hydrogens (tertiary/aromatic N) is 2. The van der Waals surface area contributed by atoms with Crippen molar-refractivity contribution >= 4 is 40.3 Å². The second-order valence-corrected chi connectivity index (χ2v) is 7.63. The number of carbonyl (C=O) groups is 1. The quantitative estimate of drug-likeness (QED) is 0.805. The van der Waals surface area contributed by atoms with Crippen molar-refractivity contribution in [2.45, 2.75) is 6.92 Å². The number of para-hydroxylation sites is 1. The van der Waals surface area contributed by atoms with E-state index in [1.165, 1.54) is 17.4 Å². The van der Waals surface area contributed by atoms with E-state index >= 15 is 0 Å². The number of nitrogens with one attached hydrogen (secondary N) is 2. The molecular weight excluding hydrogens is 356 g/mol. The first-order chi connectivity index (χ1) is 13.2. The number of anilines is 1. The Morgan fingerprint density at radius 3 is 2.56 bits per heavy atom. The van der Waals surface area contributed by atoms with Crippen molar-refractivity contribution in [3.63, 3.8) is 0 Å². The fraction of sp³-hybridized carbons (Fsp3) is 0.238. The lowest BCUT2D eigenvalue weighted by atomic mass is 10.1. The smallest absolute Gasteiger partial charge is 0.264 e. The van der Waals surface area contributed by atoms with E-state index in [0.717, 1.165) is 43.0 Å². The lowest BCUT2D eigenvalue weighted by Crippen LogP contribution is -2.43. The van der Waals surface area contributed by atoms with Gasteiger partial charge in [-0.25, -0.2) is 4.99 Å². The number of rotatable bonds is 3. The second-order valence-electron chi connectivity index (χ2n) is 6.60. The fourth-order valence-corrected chi connectivity index (χ4v) is 3.97. The first-order valence-corrected chi connectivity index (χ1v) is 9.92. The minimum absolute atomic E-state index is 0.0986. The van der Waals surface area contributed by atoms with Crippen LogP contribution in [0.1, 0.15) is 11.1 Å². The molecule has 1 amide bonds. The van der Waals surface area contributed by atoms with Gasteiger partial charge in [0.2, 0.25) is 0 Å². The molecule has 2 heterocycles. The Morgan fingerprint density at radius 1 is 1.07 bits per heavy atom. The van der Waals surface area contributed by atoms with Crippen LogP contribution in [0, 0.1) is 6.92 Å². The molecule has 2 aromatic carbocycles. The zero-order valence-corrected chi connectivity index (χ0v) is 16.1. The van der Waals surface area contributed by atoms with Gasteiger partial charge in [0.15, 0.2) is 5.17 Å². The molecule has 0 atom stereocenters. The molecular formula is C21H22N4OS. The summed E-state index contributed by atoms with van der Waals surface area (Å²) in [6, 6.07) is 16.3. The minimum atomic E-state index is -0.0986. The number of hydrogen-bond acceptors (Lipinski definition) is 5. The molecule has 27 heavy (non-hydrogen) atoms. The van der Waals surface area contributed by atoms with Gasteiger partial charge in [0.25, 0.3) is 5.91 Å². The van der Waals surface area contributed by atoms with E-state index in [9.17, 15) is 4.79 Å².